The fraction of sp³-hybridized carbons (Fsp3) is 0.375. The van der Waals surface area contributed by atoms with E-state index in [0.717, 1.165) is 17.7 Å². The van der Waals surface area contributed by atoms with Gasteiger partial charge in [0.05, 0.1) is 12.4 Å². The monoisotopic (exact) mass is 480 g/mol. The predicted molar refractivity (Wildman–Crippen MR) is 130 cm³/mol. The maximum atomic E-state index is 12.9. The smallest absolute Gasteiger partial charge is 0.409 e. The highest BCUT2D eigenvalue weighted by atomic mass is 32.2. The standard InChI is InChI=1S/C24H28N6O3S/c1-3-18-5-7-20(8-6-18)30-22(19-9-11-25-12-10-19)26-27-23(30)34-17-21(31)28-13-15-29(16-14-28)24(32)33-4-2/h5-12H,3-4,13-17H2,1-2H3. The molecule has 1 aromatic carbocycles. The molecule has 1 saturated heterocycles. The van der Waals surface area contributed by atoms with Gasteiger partial charge in [-0.25, -0.2) is 4.79 Å². The molecule has 2 amide bonds. The summed E-state index contributed by atoms with van der Waals surface area (Å²) < 4.78 is 7.03. The van der Waals surface area contributed by atoms with E-state index < -0.39 is 0 Å². The zero-order valence-electron chi connectivity index (χ0n) is 19.4. The second-order valence-electron chi connectivity index (χ2n) is 7.75. The number of aryl methyl sites for hydroxylation is 1. The van der Waals surface area contributed by atoms with Gasteiger partial charge >= 0.3 is 6.09 Å². The summed E-state index contributed by atoms with van der Waals surface area (Å²) in [4.78, 5) is 32.3. The SMILES string of the molecule is CCOC(=O)N1CCN(C(=O)CSc2nnc(-c3ccncc3)n2-c2ccc(CC)cc2)CC1. The van der Waals surface area contributed by atoms with Crippen LogP contribution in [0.1, 0.15) is 19.4 Å². The van der Waals surface area contributed by atoms with E-state index in [2.05, 4.69) is 34.2 Å². The van der Waals surface area contributed by atoms with Gasteiger partial charge in [0.2, 0.25) is 5.91 Å². The fourth-order valence-corrected chi connectivity index (χ4v) is 4.59. The van der Waals surface area contributed by atoms with Crippen molar-refractivity contribution < 1.29 is 14.3 Å². The molecule has 178 valence electrons. The first-order valence-electron chi connectivity index (χ1n) is 11.4. The number of amides is 2. The average molecular weight is 481 g/mol. The molecular weight excluding hydrogens is 452 g/mol. The number of rotatable bonds is 7. The zero-order valence-corrected chi connectivity index (χ0v) is 20.2. The first kappa shape index (κ1) is 23.7. The van der Waals surface area contributed by atoms with Crippen LogP contribution in [0, 0.1) is 0 Å². The summed E-state index contributed by atoms with van der Waals surface area (Å²) >= 11 is 1.36. The van der Waals surface area contributed by atoms with Crippen molar-refractivity contribution >= 4 is 23.8 Å². The molecule has 1 fully saturated rings. The molecule has 0 unspecified atom stereocenters. The fourth-order valence-electron chi connectivity index (χ4n) is 3.74. The lowest BCUT2D eigenvalue weighted by atomic mass is 10.1. The van der Waals surface area contributed by atoms with Crippen LogP contribution >= 0.6 is 11.8 Å². The van der Waals surface area contributed by atoms with Gasteiger partial charge in [-0.05, 0) is 43.2 Å². The molecule has 0 bridgehead atoms. The molecule has 34 heavy (non-hydrogen) atoms. The molecule has 3 aromatic rings. The molecule has 2 aromatic heterocycles. The van der Waals surface area contributed by atoms with Crippen molar-refractivity contribution in [2.24, 2.45) is 0 Å². The van der Waals surface area contributed by atoms with Crippen molar-refractivity contribution in [2.75, 3.05) is 38.5 Å². The van der Waals surface area contributed by atoms with Gasteiger partial charge < -0.3 is 14.5 Å². The number of hydrogen-bond acceptors (Lipinski definition) is 7. The van der Waals surface area contributed by atoms with Crippen LogP contribution in [0.15, 0.2) is 53.9 Å². The van der Waals surface area contributed by atoms with Gasteiger partial charge in [-0.1, -0.05) is 30.8 Å². The van der Waals surface area contributed by atoms with E-state index in [-0.39, 0.29) is 17.8 Å². The Morgan fingerprint density at radius 3 is 2.26 bits per heavy atom. The van der Waals surface area contributed by atoms with Crippen LogP contribution in [0.25, 0.3) is 17.1 Å². The second-order valence-corrected chi connectivity index (χ2v) is 8.70. The number of ether oxygens (including phenoxy) is 1. The summed E-state index contributed by atoms with van der Waals surface area (Å²) in [5.41, 5.74) is 3.08. The van der Waals surface area contributed by atoms with Crippen molar-refractivity contribution in [3.05, 3.63) is 54.4 Å². The van der Waals surface area contributed by atoms with Gasteiger partial charge in [0, 0.05) is 49.8 Å². The van der Waals surface area contributed by atoms with Crippen molar-refractivity contribution in [3.8, 4) is 17.1 Å². The third-order valence-corrected chi connectivity index (χ3v) is 6.57. The van der Waals surface area contributed by atoms with E-state index in [1.807, 2.05) is 28.8 Å². The number of carbonyl (C=O) groups is 2. The number of thioether (sulfide) groups is 1. The maximum Gasteiger partial charge on any atom is 0.409 e. The predicted octanol–water partition coefficient (Wildman–Crippen LogP) is 3.28. The summed E-state index contributed by atoms with van der Waals surface area (Å²) in [6.45, 7) is 6.18. The number of pyridine rings is 1. The molecule has 1 aliphatic rings. The quantitative estimate of drug-likeness (QED) is 0.479. The maximum absolute atomic E-state index is 12.9. The Balaban J connectivity index is 1.48. The summed E-state index contributed by atoms with van der Waals surface area (Å²) in [5, 5.41) is 9.47. The van der Waals surface area contributed by atoms with E-state index in [9.17, 15) is 9.59 Å². The average Bonchev–Trinajstić information content (AvgIpc) is 3.32. The van der Waals surface area contributed by atoms with Gasteiger partial charge in [0.25, 0.3) is 0 Å². The van der Waals surface area contributed by atoms with E-state index in [4.69, 9.17) is 4.74 Å². The number of piperazine rings is 1. The lowest BCUT2D eigenvalue weighted by molar-refractivity contribution is -0.129. The molecule has 9 nitrogen and oxygen atoms in total. The lowest BCUT2D eigenvalue weighted by Crippen LogP contribution is -2.51. The second kappa shape index (κ2) is 11.1. The third kappa shape index (κ3) is 5.39. The first-order valence-corrected chi connectivity index (χ1v) is 12.4. The molecule has 10 heteroatoms. The van der Waals surface area contributed by atoms with Gasteiger partial charge in [-0.2, -0.15) is 0 Å². The molecule has 3 heterocycles. The van der Waals surface area contributed by atoms with Crippen LogP contribution in [-0.4, -0.2) is 80.1 Å². The summed E-state index contributed by atoms with van der Waals surface area (Å²) in [6.07, 6.45) is 4.08. The third-order valence-electron chi connectivity index (χ3n) is 5.66. The van der Waals surface area contributed by atoms with Crippen LogP contribution in [0.4, 0.5) is 4.79 Å². The van der Waals surface area contributed by atoms with Crippen molar-refractivity contribution in [2.45, 2.75) is 25.4 Å². The van der Waals surface area contributed by atoms with Gasteiger partial charge in [0.15, 0.2) is 11.0 Å². The number of carbonyl (C=O) groups excluding carboxylic acids is 2. The molecule has 0 radical (unpaired) electrons. The molecule has 0 atom stereocenters. The molecule has 0 N–H and O–H groups in total. The Kier molecular flexibility index (Phi) is 7.79. The van der Waals surface area contributed by atoms with Crippen LogP contribution in [-0.2, 0) is 16.0 Å². The van der Waals surface area contributed by atoms with Crippen molar-refractivity contribution in [1.82, 2.24) is 29.5 Å². The Bertz CT molecular complexity index is 1110. The Morgan fingerprint density at radius 2 is 1.62 bits per heavy atom. The van der Waals surface area contributed by atoms with Crippen LogP contribution in [0.3, 0.4) is 0 Å². The Labute approximate surface area is 203 Å². The van der Waals surface area contributed by atoms with E-state index in [1.54, 1.807) is 29.1 Å². The minimum Gasteiger partial charge on any atom is -0.450 e. The number of aromatic nitrogens is 4. The minimum atomic E-state index is -0.324. The highest BCUT2D eigenvalue weighted by Gasteiger charge is 2.25. The van der Waals surface area contributed by atoms with Crippen LogP contribution < -0.4 is 0 Å². The van der Waals surface area contributed by atoms with Crippen molar-refractivity contribution in [1.29, 1.82) is 0 Å². The molecule has 0 aliphatic carbocycles. The van der Waals surface area contributed by atoms with Gasteiger partial charge in [-0.3, -0.25) is 14.3 Å². The first-order chi connectivity index (χ1) is 16.6. The van der Waals surface area contributed by atoms with Crippen LogP contribution in [0.2, 0.25) is 0 Å². The van der Waals surface area contributed by atoms with E-state index in [0.29, 0.717) is 43.8 Å². The largest absolute Gasteiger partial charge is 0.450 e. The topological polar surface area (TPSA) is 93.4 Å². The summed E-state index contributed by atoms with van der Waals surface area (Å²) in [6, 6.07) is 12.1. The highest BCUT2D eigenvalue weighted by molar-refractivity contribution is 7.99. The number of hydrogen-bond donors (Lipinski definition) is 0. The van der Waals surface area contributed by atoms with Gasteiger partial charge in [0.1, 0.15) is 0 Å². The Hall–Kier alpha value is -3.40. The lowest BCUT2D eigenvalue weighted by Gasteiger charge is -2.34. The van der Waals surface area contributed by atoms with Crippen LogP contribution in [0.5, 0.6) is 0 Å². The molecule has 0 spiro atoms. The summed E-state index contributed by atoms with van der Waals surface area (Å²) in [5.74, 6) is 0.945. The number of benzene rings is 1. The summed E-state index contributed by atoms with van der Waals surface area (Å²) in [7, 11) is 0. The normalized spacial score (nSPS) is 13.7. The molecule has 4 rings (SSSR count). The zero-order chi connectivity index (χ0) is 23.9. The van der Waals surface area contributed by atoms with E-state index >= 15 is 0 Å². The number of nitrogens with zero attached hydrogens (tertiary/aromatic N) is 6. The van der Waals surface area contributed by atoms with Gasteiger partial charge in [-0.15, -0.1) is 10.2 Å². The molecular formula is C24H28N6O3S. The van der Waals surface area contributed by atoms with Crippen molar-refractivity contribution in [3.63, 3.8) is 0 Å². The molecule has 0 saturated carbocycles. The highest BCUT2D eigenvalue weighted by Crippen LogP contribution is 2.28. The van der Waals surface area contributed by atoms with E-state index in [1.165, 1.54) is 17.3 Å². The molecule has 1 aliphatic heterocycles. The Morgan fingerprint density at radius 1 is 0.941 bits per heavy atom. The minimum absolute atomic E-state index is 0.00912.